The molecule has 0 aliphatic carbocycles. The van der Waals surface area contributed by atoms with E-state index in [1.807, 2.05) is 79.0 Å². The Hall–Kier alpha value is -4.07. The van der Waals surface area contributed by atoms with Crippen LogP contribution in [0.2, 0.25) is 0 Å². The van der Waals surface area contributed by atoms with Gasteiger partial charge in [-0.3, -0.25) is 4.79 Å². The fourth-order valence-electron chi connectivity index (χ4n) is 6.05. The van der Waals surface area contributed by atoms with Gasteiger partial charge in [0.15, 0.2) is 5.78 Å². The van der Waals surface area contributed by atoms with Gasteiger partial charge in [0.05, 0.1) is 45.1 Å². The second kappa shape index (κ2) is 15.1. The summed E-state index contributed by atoms with van der Waals surface area (Å²) in [7, 11) is 0. The highest BCUT2D eigenvalue weighted by atomic mass is 16.6. The first kappa shape index (κ1) is 30.0. The summed E-state index contributed by atoms with van der Waals surface area (Å²) in [5.41, 5.74) is 4.31. The number of hydrogen-bond donors (Lipinski definition) is 0. The largest absolute Gasteiger partial charge is 0.375 e. The molecule has 5 atom stereocenters. The third-order valence-corrected chi connectivity index (χ3v) is 8.27. The lowest BCUT2D eigenvalue weighted by Crippen LogP contribution is -2.68. The summed E-state index contributed by atoms with van der Waals surface area (Å²) in [6.45, 7) is 2.10. The number of allylic oxidation sites excluding steroid dienone is 1. The molecular formula is C38H39NO5. The molecule has 4 aromatic rings. The van der Waals surface area contributed by atoms with Crippen LogP contribution in [-0.2, 0) is 50.2 Å². The minimum atomic E-state index is -0.450. The topological polar surface area (TPSA) is 57.2 Å². The summed E-state index contributed by atoms with van der Waals surface area (Å²) in [5.74, 6) is 0.0778. The molecule has 1 saturated heterocycles. The first-order valence-corrected chi connectivity index (χ1v) is 15.3. The molecule has 0 spiro atoms. The van der Waals surface area contributed by atoms with E-state index < -0.39 is 18.3 Å². The average Bonchev–Trinajstić information content (AvgIpc) is 3.08. The molecular weight excluding hydrogens is 550 g/mol. The summed E-state index contributed by atoms with van der Waals surface area (Å²) in [5, 5.41) is 0. The van der Waals surface area contributed by atoms with Gasteiger partial charge < -0.3 is 23.8 Å². The van der Waals surface area contributed by atoms with E-state index >= 15 is 0 Å². The summed E-state index contributed by atoms with van der Waals surface area (Å²) in [6, 6.07) is 40.2. The Labute approximate surface area is 259 Å². The molecule has 0 radical (unpaired) electrons. The molecule has 6 nitrogen and oxygen atoms in total. The van der Waals surface area contributed by atoms with E-state index in [1.54, 1.807) is 6.08 Å². The number of hydrogen-bond acceptors (Lipinski definition) is 6. The maximum Gasteiger partial charge on any atom is 0.159 e. The number of carbonyl (C=O) groups is 1. The Morgan fingerprint density at radius 2 is 0.977 bits per heavy atom. The van der Waals surface area contributed by atoms with E-state index in [-0.39, 0.29) is 17.9 Å². The number of ketones is 1. The molecule has 44 heavy (non-hydrogen) atoms. The highest BCUT2D eigenvalue weighted by Gasteiger charge is 2.52. The van der Waals surface area contributed by atoms with Crippen molar-refractivity contribution in [1.29, 1.82) is 0 Å². The van der Waals surface area contributed by atoms with Crippen LogP contribution >= 0.6 is 0 Å². The third kappa shape index (κ3) is 7.71. The number of carbonyl (C=O) groups excluding carboxylic acids is 1. The van der Waals surface area contributed by atoms with Crippen LogP contribution in [0, 0.1) is 0 Å². The lowest BCUT2D eigenvalue weighted by atomic mass is 9.83. The standard InChI is InChI=1S/C38H39NO5/c40-33-21-22-39-34(23-33)36(42-25-30-15-7-2-8-16-30)38(44-27-32-19-11-4-12-20-32)37(43-26-31-17-9-3-10-18-31)35(39)28-41-24-29-13-5-1-6-14-29/h1-22,34-38H,23-28H2/t34-,35-,36-,37-,38-/m1/s1. The molecule has 1 fully saturated rings. The van der Waals surface area contributed by atoms with Crippen molar-refractivity contribution in [2.45, 2.75) is 63.2 Å². The molecule has 0 amide bonds. The van der Waals surface area contributed by atoms with Crippen LogP contribution in [0.25, 0.3) is 0 Å². The predicted octanol–water partition coefficient (Wildman–Crippen LogP) is 6.50. The van der Waals surface area contributed by atoms with E-state index in [0.29, 0.717) is 39.5 Å². The predicted molar refractivity (Wildman–Crippen MR) is 169 cm³/mol. The minimum Gasteiger partial charge on any atom is -0.375 e. The van der Waals surface area contributed by atoms with Crippen molar-refractivity contribution in [2.75, 3.05) is 6.61 Å². The minimum absolute atomic E-state index is 0.0778. The zero-order chi connectivity index (χ0) is 30.0. The molecule has 2 aliphatic rings. The van der Waals surface area contributed by atoms with Gasteiger partial charge in [-0.25, -0.2) is 0 Å². The number of nitrogens with zero attached hydrogens (tertiary/aromatic N) is 1. The summed E-state index contributed by atoms with van der Waals surface area (Å²) >= 11 is 0. The fraction of sp³-hybridized carbons (Fsp3) is 0.289. The SMILES string of the molecule is O=C1C=CN2[C@H](COCc3ccccc3)[C@@H](OCc3ccccc3)[C@H](OCc3ccccc3)[C@H](OCc3ccccc3)[C@H]2C1. The molecule has 0 unspecified atom stereocenters. The molecule has 4 aromatic carbocycles. The molecule has 6 heteroatoms. The number of ether oxygens (including phenoxy) is 4. The van der Waals surface area contributed by atoms with Gasteiger partial charge in [0.2, 0.25) is 0 Å². The average molecular weight is 590 g/mol. The van der Waals surface area contributed by atoms with Gasteiger partial charge in [-0.1, -0.05) is 121 Å². The zero-order valence-electron chi connectivity index (χ0n) is 24.8. The van der Waals surface area contributed by atoms with Gasteiger partial charge in [0.25, 0.3) is 0 Å². The van der Waals surface area contributed by atoms with E-state index in [1.165, 1.54) is 0 Å². The first-order chi connectivity index (χ1) is 21.7. The monoisotopic (exact) mass is 589 g/mol. The molecule has 2 heterocycles. The molecule has 0 saturated carbocycles. The second-order valence-electron chi connectivity index (χ2n) is 11.4. The second-order valence-corrected chi connectivity index (χ2v) is 11.4. The fourth-order valence-corrected chi connectivity index (χ4v) is 6.05. The Balaban J connectivity index is 1.32. The zero-order valence-corrected chi connectivity index (χ0v) is 24.8. The van der Waals surface area contributed by atoms with E-state index in [2.05, 4.69) is 53.4 Å². The van der Waals surface area contributed by atoms with Crippen LogP contribution in [0.4, 0.5) is 0 Å². The summed E-state index contributed by atoms with van der Waals surface area (Å²) in [4.78, 5) is 15.1. The maximum absolute atomic E-state index is 12.8. The summed E-state index contributed by atoms with van der Waals surface area (Å²) in [6.07, 6.45) is 2.63. The van der Waals surface area contributed by atoms with E-state index in [4.69, 9.17) is 18.9 Å². The van der Waals surface area contributed by atoms with Crippen LogP contribution in [0.1, 0.15) is 28.7 Å². The highest BCUT2D eigenvalue weighted by molar-refractivity contribution is 5.91. The Kier molecular flexibility index (Phi) is 10.3. The van der Waals surface area contributed by atoms with Gasteiger partial charge in [-0.05, 0) is 28.3 Å². The van der Waals surface area contributed by atoms with Crippen molar-refractivity contribution < 1.29 is 23.7 Å². The lowest BCUT2D eigenvalue weighted by molar-refractivity contribution is -0.222. The first-order valence-electron chi connectivity index (χ1n) is 15.3. The maximum atomic E-state index is 12.8. The van der Waals surface area contributed by atoms with Gasteiger partial charge in [-0.2, -0.15) is 0 Å². The van der Waals surface area contributed by atoms with Crippen LogP contribution in [-0.4, -0.2) is 47.7 Å². The van der Waals surface area contributed by atoms with Crippen molar-refractivity contribution in [1.82, 2.24) is 4.90 Å². The van der Waals surface area contributed by atoms with Crippen molar-refractivity contribution in [3.8, 4) is 0 Å². The lowest BCUT2D eigenvalue weighted by Gasteiger charge is -2.53. The van der Waals surface area contributed by atoms with Gasteiger partial charge in [0, 0.05) is 12.6 Å². The van der Waals surface area contributed by atoms with Crippen LogP contribution in [0.15, 0.2) is 134 Å². The van der Waals surface area contributed by atoms with Gasteiger partial charge >= 0.3 is 0 Å². The van der Waals surface area contributed by atoms with Crippen molar-refractivity contribution >= 4 is 5.78 Å². The molecule has 226 valence electrons. The number of rotatable bonds is 13. The molecule has 2 aliphatic heterocycles. The molecule has 0 bridgehead atoms. The van der Waals surface area contributed by atoms with Crippen molar-refractivity contribution in [3.05, 3.63) is 156 Å². The Morgan fingerprint density at radius 3 is 1.48 bits per heavy atom. The molecule has 0 aromatic heterocycles. The quantitative estimate of drug-likeness (QED) is 0.178. The molecule has 6 rings (SSSR count). The van der Waals surface area contributed by atoms with E-state index in [0.717, 1.165) is 22.3 Å². The third-order valence-electron chi connectivity index (χ3n) is 8.27. The van der Waals surface area contributed by atoms with E-state index in [9.17, 15) is 4.79 Å². The number of fused-ring (bicyclic) bond motifs is 1. The van der Waals surface area contributed by atoms with Crippen molar-refractivity contribution in [3.63, 3.8) is 0 Å². The molecule has 0 N–H and O–H groups in total. The number of piperidine rings is 1. The van der Waals surface area contributed by atoms with Crippen LogP contribution < -0.4 is 0 Å². The Morgan fingerprint density at radius 1 is 0.545 bits per heavy atom. The van der Waals surface area contributed by atoms with Gasteiger partial charge in [-0.15, -0.1) is 0 Å². The summed E-state index contributed by atoms with van der Waals surface area (Å²) < 4.78 is 26.7. The van der Waals surface area contributed by atoms with Crippen LogP contribution in [0.3, 0.4) is 0 Å². The smallest absolute Gasteiger partial charge is 0.159 e. The number of benzene rings is 4. The highest BCUT2D eigenvalue weighted by Crippen LogP contribution is 2.36. The normalized spacial score (nSPS) is 23.0. The Bertz CT molecular complexity index is 1460. The van der Waals surface area contributed by atoms with Crippen LogP contribution in [0.5, 0.6) is 0 Å². The van der Waals surface area contributed by atoms with Gasteiger partial charge in [0.1, 0.15) is 18.3 Å². The van der Waals surface area contributed by atoms with Crippen molar-refractivity contribution in [2.24, 2.45) is 0 Å².